The third-order valence-corrected chi connectivity index (χ3v) is 4.61. The molecule has 0 aliphatic rings. The summed E-state index contributed by atoms with van der Waals surface area (Å²) in [5.41, 5.74) is 5.79. The molecule has 1 amide bonds. The molecule has 0 bridgehead atoms. The number of halogens is 1. The Morgan fingerprint density at radius 2 is 1.84 bits per heavy atom. The molecule has 0 radical (unpaired) electrons. The summed E-state index contributed by atoms with van der Waals surface area (Å²) >= 11 is 6.14. The third kappa shape index (κ3) is 2.74. The molecule has 0 saturated carbocycles. The number of hydrogen-bond donors (Lipinski definition) is 1. The van der Waals surface area contributed by atoms with E-state index in [0.717, 1.165) is 10.1 Å². The van der Waals surface area contributed by atoms with Gasteiger partial charge in [0.2, 0.25) is 5.91 Å². The van der Waals surface area contributed by atoms with Crippen molar-refractivity contribution in [2.24, 2.45) is 5.73 Å². The number of carbonyl (C=O) groups excluding carboxylic acids is 1. The van der Waals surface area contributed by atoms with Crippen LogP contribution in [0.3, 0.4) is 0 Å². The van der Waals surface area contributed by atoms with E-state index < -0.39 is 23.2 Å². The summed E-state index contributed by atoms with van der Waals surface area (Å²) in [5, 5.41) is 0.748. The van der Waals surface area contributed by atoms with Crippen molar-refractivity contribution in [3.05, 3.63) is 73.9 Å². The lowest BCUT2D eigenvalue weighted by molar-refractivity contribution is -0.120. The number of rotatable bonds is 3. The molecule has 1 atom stereocenters. The molecule has 0 aliphatic carbocycles. The molecule has 1 heterocycles. The molecule has 0 aliphatic heterocycles. The van der Waals surface area contributed by atoms with E-state index in [0.29, 0.717) is 21.6 Å². The smallest absolute Gasteiger partial charge is 0.336 e. The van der Waals surface area contributed by atoms with Gasteiger partial charge in [-0.15, -0.1) is 0 Å². The van der Waals surface area contributed by atoms with E-state index >= 15 is 0 Å². The molecule has 128 valence electrons. The molecule has 1 aromatic heterocycles. The quantitative estimate of drug-likeness (QED) is 0.779. The second kappa shape index (κ2) is 6.22. The Labute approximate surface area is 148 Å². The molecule has 7 heteroatoms. The molecule has 25 heavy (non-hydrogen) atoms. The number of carbonyl (C=O) groups is 1. The average molecular weight is 358 g/mol. The number of primary amides is 1. The summed E-state index contributed by atoms with van der Waals surface area (Å²) in [6, 6.07) is 10.6. The van der Waals surface area contributed by atoms with E-state index in [4.69, 9.17) is 17.3 Å². The minimum atomic E-state index is -0.912. The van der Waals surface area contributed by atoms with E-state index in [2.05, 4.69) is 0 Å². The fourth-order valence-corrected chi connectivity index (χ4v) is 2.91. The largest absolute Gasteiger partial charge is 0.368 e. The van der Waals surface area contributed by atoms with Gasteiger partial charge in [-0.1, -0.05) is 29.8 Å². The lowest BCUT2D eigenvalue weighted by atomic mass is 10.2. The maximum Gasteiger partial charge on any atom is 0.336 e. The van der Waals surface area contributed by atoms with Crippen molar-refractivity contribution in [2.75, 3.05) is 0 Å². The van der Waals surface area contributed by atoms with Crippen LogP contribution in [-0.2, 0) is 4.79 Å². The van der Waals surface area contributed by atoms with Crippen LogP contribution in [0.1, 0.15) is 18.5 Å². The lowest BCUT2D eigenvalue weighted by Gasteiger charge is -2.17. The molecule has 3 rings (SSSR count). The molecule has 1 unspecified atom stereocenters. The van der Waals surface area contributed by atoms with Crippen LogP contribution < -0.4 is 17.0 Å². The number of para-hydroxylation sites is 1. The fraction of sp³-hybridized carbons (Fsp3) is 0.167. The molecular weight excluding hydrogens is 342 g/mol. The predicted molar refractivity (Wildman–Crippen MR) is 97.5 cm³/mol. The first-order valence-electron chi connectivity index (χ1n) is 7.65. The number of nitrogens with two attached hydrogens (primary N) is 1. The summed E-state index contributed by atoms with van der Waals surface area (Å²) in [7, 11) is 0. The SMILES string of the molecule is Cc1ccc(-n2c(=O)c3ccccc3n(C(C)C(N)=O)c2=O)cc1Cl. The van der Waals surface area contributed by atoms with Gasteiger partial charge in [-0.25, -0.2) is 9.36 Å². The molecule has 0 fully saturated rings. The highest BCUT2D eigenvalue weighted by atomic mass is 35.5. The number of hydrogen-bond acceptors (Lipinski definition) is 3. The molecule has 2 N–H and O–H groups in total. The topological polar surface area (TPSA) is 87.1 Å². The van der Waals surface area contributed by atoms with Crippen LogP contribution in [0, 0.1) is 6.92 Å². The Kier molecular flexibility index (Phi) is 4.22. The zero-order chi connectivity index (χ0) is 18.3. The number of aryl methyl sites for hydroxylation is 1. The average Bonchev–Trinajstić information content (AvgIpc) is 2.58. The van der Waals surface area contributed by atoms with E-state index in [-0.39, 0.29) is 0 Å². The Bertz CT molecular complexity index is 1110. The number of fused-ring (bicyclic) bond motifs is 1. The molecule has 2 aromatic carbocycles. The first-order chi connectivity index (χ1) is 11.8. The first kappa shape index (κ1) is 17.0. The Morgan fingerprint density at radius 3 is 2.48 bits per heavy atom. The Morgan fingerprint density at radius 1 is 1.16 bits per heavy atom. The minimum absolute atomic E-state index is 0.312. The van der Waals surface area contributed by atoms with Crippen molar-refractivity contribution in [1.29, 1.82) is 0 Å². The monoisotopic (exact) mass is 357 g/mol. The van der Waals surface area contributed by atoms with Crippen molar-refractivity contribution < 1.29 is 4.79 Å². The maximum atomic E-state index is 13.0. The molecular formula is C18H16ClN3O3. The standard InChI is InChI=1S/C18H16ClN3O3/c1-10-7-8-12(9-14(10)19)22-17(24)13-5-3-4-6-15(13)21(18(22)25)11(2)16(20)23/h3-9,11H,1-2H3,(H2,20,23). The van der Waals surface area contributed by atoms with Gasteiger partial charge in [0.1, 0.15) is 6.04 Å². The highest BCUT2D eigenvalue weighted by Crippen LogP contribution is 2.19. The number of aromatic nitrogens is 2. The van der Waals surface area contributed by atoms with Gasteiger partial charge in [-0.3, -0.25) is 14.2 Å². The van der Waals surface area contributed by atoms with Gasteiger partial charge in [0.25, 0.3) is 5.56 Å². The van der Waals surface area contributed by atoms with Crippen LogP contribution in [0.2, 0.25) is 5.02 Å². The lowest BCUT2D eigenvalue weighted by Crippen LogP contribution is -2.42. The van der Waals surface area contributed by atoms with Gasteiger partial charge in [0.15, 0.2) is 0 Å². The van der Waals surface area contributed by atoms with Crippen LogP contribution in [-0.4, -0.2) is 15.0 Å². The normalized spacial score (nSPS) is 12.3. The maximum absolute atomic E-state index is 13.0. The highest BCUT2D eigenvalue weighted by molar-refractivity contribution is 6.31. The summed E-state index contributed by atoms with van der Waals surface area (Å²) in [4.78, 5) is 37.6. The van der Waals surface area contributed by atoms with Crippen LogP contribution in [0.15, 0.2) is 52.1 Å². The second-order valence-electron chi connectivity index (χ2n) is 5.82. The van der Waals surface area contributed by atoms with Crippen molar-refractivity contribution in [3.8, 4) is 5.69 Å². The summed E-state index contributed by atoms with van der Waals surface area (Å²) < 4.78 is 2.24. The number of amides is 1. The molecule has 0 spiro atoms. The van der Waals surface area contributed by atoms with Crippen LogP contribution in [0.4, 0.5) is 0 Å². The summed E-state index contributed by atoms with van der Waals surface area (Å²) in [6.45, 7) is 3.34. The predicted octanol–water partition coefficient (Wildman–Crippen LogP) is 2.16. The van der Waals surface area contributed by atoms with E-state index in [9.17, 15) is 14.4 Å². The number of nitrogens with zero attached hydrogens (tertiary/aromatic N) is 2. The van der Waals surface area contributed by atoms with Crippen LogP contribution in [0.25, 0.3) is 16.6 Å². The van der Waals surface area contributed by atoms with Gasteiger partial charge in [-0.2, -0.15) is 0 Å². The second-order valence-corrected chi connectivity index (χ2v) is 6.23. The highest BCUT2D eigenvalue weighted by Gasteiger charge is 2.21. The van der Waals surface area contributed by atoms with Crippen molar-refractivity contribution >= 4 is 28.4 Å². The zero-order valence-electron chi connectivity index (χ0n) is 13.7. The van der Waals surface area contributed by atoms with Crippen LogP contribution in [0.5, 0.6) is 0 Å². The van der Waals surface area contributed by atoms with Crippen molar-refractivity contribution in [3.63, 3.8) is 0 Å². The zero-order valence-corrected chi connectivity index (χ0v) is 14.4. The van der Waals surface area contributed by atoms with E-state index in [1.807, 2.05) is 6.92 Å². The van der Waals surface area contributed by atoms with E-state index in [1.54, 1.807) is 42.5 Å². The van der Waals surface area contributed by atoms with Gasteiger partial charge >= 0.3 is 5.69 Å². The third-order valence-electron chi connectivity index (χ3n) is 4.21. The summed E-state index contributed by atoms with van der Waals surface area (Å²) in [5.74, 6) is -0.667. The van der Waals surface area contributed by atoms with Gasteiger partial charge < -0.3 is 5.73 Å². The van der Waals surface area contributed by atoms with Crippen LogP contribution >= 0.6 is 11.6 Å². The molecule has 6 nitrogen and oxygen atoms in total. The molecule has 0 saturated heterocycles. The van der Waals surface area contributed by atoms with Crippen molar-refractivity contribution in [1.82, 2.24) is 9.13 Å². The van der Waals surface area contributed by atoms with Gasteiger partial charge in [0.05, 0.1) is 16.6 Å². The Hall–Kier alpha value is -2.86. The van der Waals surface area contributed by atoms with Gasteiger partial charge in [-0.05, 0) is 43.7 Å². The van der Waals surface area contributed by atoms with Crippen molar-refractivity contribution in [2.45, 2.75) is 19.9 Å². The number of benzene rings is 2. The fourth-order valence-electron chi connectivity index (χ4n) is 2.73. The summed E-state index contributed by atoms with van der Waals surface area (Å²) in [6.07, 6.45) is 0. The molecule has 3 aromatic rings. The first-order valence-corrected chi connectivity index (χ1v) is 8.03. The minimum Gasteiger partial charge on any atom is -0.368 e. The van der Waals surface area contributed by atoms with Gasteiger partial charge in [0, 0.05) is 5.02 Å². The van der Waals surface area contributed by atoms with E-state index in [1.165, 1.54) is 11.5 Å². The Balaban J connectivity index is 2.48.